The van der Waals surface area contributed by atoms with Crippen LogP contribution in [0.3, 0.4) is 0 Å². The zero-order valence-electron chi connectivity index (χ0n) is 10.9. The molecule has 0 radical (unpaired) electrons. The maximum absolute atomic E-state index is 11.8. The van der Waals surface area contributed by atoms with Gasteiger partial charge in [0, 0.05) is 25.4 Å². The number of carbonyl (C=O) groups excluding carboxylic acids is 1. The zero-order chi connectivity index (χ0) is 14.0. The van der Waals surface area contributed by atoms with Gasteiger partial charge in [-0.05, 0) is 12.5 Å². The van der Waals surface area contributed by atoms with E-state index in [-0.39, 0.29) is 18.4 Å². The molecular formula is C14H18N2O3. The molecule has 1 aliphatic rings. The van der Waals surface area contributed by atoms with Crippen LogP contribution in [0.5, 0.6) is 0 Å². The fourth-order valence-electron chi connectivity index (χ4n) is 2.45. The summed E-state index contributed by atoms with van der Waals surface area (Å²) in [7, 11) is 0. The third-order valence-electron chi connectivity index (χ3n) is 3.36. The lowest BCUT2D eigenvalue weighted by atomic mass is 10.0. The first kappa shape index (κ1) is 13.5. The number of carboxylic acids is 1. The number of rotatable bonds is 4. The van der Waals surface area contributed by atoms with Crippen LogP contribution < -0.4 is 5.73 Å². The first-order chi connectivity index (χ1) is 8.97. The van der Waals surface area contributed by atoms with E-state index in [0.717, 1.165) is 11.1 Å². The van der Waals surface area contributed by atoms with Gasteiger partial charge in [0.15, 0.2) is 0 Å². The summed E-state index contributed by atoms with van der Waals surface area (Å²) in [5.41, 5.74) is 7.71. The fourth-order valence-corrected chi connectivity index (χ4v) is 2.45. The maximum Gasteiger partial charge on any atom is 0.326 e. The van der Waals surface area contributed by atoms with Crippen LogP contribution in [0.4, 0.5) is 0 Å². The highest BCUT2D eigenvalue weighted by Gasteiger charge is 2.36. The van der Waals surface area contributed by atoms with E-state index in [1.807, 2.05) is 31.2 Å². The first-order valence-corrected chi connectivity index (χ1v) is 6.31. The summed E-state index contributed by atoms with van der Waals surface area (Å²) in [6.45, 7) is 2.28. The molecule has 0 spiro atoms. The Labute approximate surface area is 112 Å². The van der Waals surface area contributed by atoms with E-state index in [1.54, 1.807) is 0 Å². The van der Waals surface area contributed by atoms with Gasteiger partial charge in [-0.1, -0.05) is 29.8 Å². The number of carbonyl (C=O) groups is 2. The summed E-state index contributed by atoms with van der Waals surface area (Å²) >= 11 is 0. The minimum atomic E-state index is -0.982. The quantitative estimate of drug-likeness (QED) is 0.830. The first-order valence-electron chi connectivity index (χ1n) is 6.31. The molecule has 1 aromatic carbocycles. The summed E-state index contributed by atoms with van der Waals surface area (Å²) in [6.07, 6.45) is 0.549. The van der Waals surface area contributed by atoms with Crippen LogP contribution >= 0.6 is 0 Å². The molecule has 2 rings (SSSR count). The normalized spacial score (nSPS) is 20.6. The predicted octanol–water partition coefficient (Wildman–Crippen LogP) is 0.550. The molecule has 0 bridgehead atoms. The van der Waals surface area contributed by atoms with E-state index in [9.17, 15) is 14.7 Å². The van der Waals surface area contributed by atoms with Gasteiger partial charge >= 0.3 is 5.97 Å². The number of amides is 1. The zero-order valence-corrected chi connectivity index (χ0v) is 10.9. The number of likely N-dealkylation sites (tertiary alicyclic amines) is 1. The number of carboxylic acid groups (broad SMARTS) is 1. The van der Waals surface area contributed by atoms with Crippen LogP contribution in [0.25, 0.3) is 0 Å². The number of nitrogens with zero attached hydrogens (tertiary/aromatic N) is 1. The average Bonchev–Trinajstić information content (AvgIpc) is 2.65. The van der Waals surface area contributed by atoms with Crippen LogP contribution in [0.2, 0.25) is 0 Å². The Morgan fingerprint density at radius 3 is 2.84 bits per heavy atom. The van der Waals surface area contributed by atoms with Crippen molar-refractivity contribution < 1.29 is 14.7 Å². The molecule has 0 aromatic heterocycles. The second-order valence-corrected chi connectivity index (χ2v) is 5.06. The molecule has 1 amide bonds. The van der Waals surface area contributed by atoms with Gasteiger partial charge in [0.05, 0.1) is 0 Å². The van der Waals surface area contributed by atoms with Crippen molar-refractivity contribution in [3.05, 3.63) is 35.4 Å². The van der Waals surface area contributed by atoms with E-state index < -0.39 is 12.0 Å². The standard InChI is InChI=1S/C14H18N2O3/c1-9-3-2-4-10(5-9)6-12(14(18)19)16-8-11(15)7-13(16)17/h2-5,11-12H,6-8,15H2,1H3,(H,18,19)/t11?,12-/m0/s1. The van der Waals surface area contributed by atoms with Crippen molar-refractivity contribution in [1.29, 1.82) is 0 Å². The Hall–Kier alpha value is -1.88. The third kappa shape index (κ3) is 3.12. The second kappa shape index (κ2) is 5.40. The summed E-state index contributed by atoms with van der Waals surface area (Å²) in [4.78, 5) is 24.5. The molecule has 1 aromatic rings. The van der Waals surface area contributed by atoms with Gasteiger partial charge in [-0.3, -0.25) is 4.79 Å². The molecule has 1 fully saturated rings. The monoisotopic (exact) mass is 262 g/mol. The van der Waals surface area contributed by atoms with E-state index in [4.69, 9.17) is 5.73 Å². The van der Waals surface area contributed by atoms with E-state index >= 15 is 0 Å². The molecule has 5 heteroatoms. The Bertz CT molecular complexity index is 501. The van der Waals surface area contributed by atoms with Crippen LogP contribution in [0, 0.1) is 6.92 Å². The van der Waals surface area contributed by atoms with Crippen LogP contribution in [-0.4, -0.2) is 40.5 Å². The van der Waals surface area contributed by atoms with Crippen molar-refractivity contribution in [2.45, 2.75) is 31.8 Å². The highest BCUT2D eigenvalue weighted by atomic mass is 16.4. The molecule has 19 heavy (non-hydrogen) atoms. The lowest BCUT2D eigenvalue weighted by Gasteiger charge is -2.24. The Balaban J connectivity index is 2.17. The highest BCUT2D eigenvalue weighted by molar-refractivity contribution is 5.85. The molecule has 0 aliphatic carbocycles. The molecule has 3 N–H and O–H groups in total. The highest BCUT2D eigenvalue weighted by Crippen LogP contribution is 2.17. The predicted molar refractivity (Wildman–Crippen MR) is 70.6 cm³/mol. The number of hydrogen-bond acceptors (Lipinski definition) is 3. The number of hydrogen-bond donors (Lipinski definition) is 2. The minimum Gasteiger partial charge on any atom is -0.480 e. The number of aryl methyl sites for hydroxylation is 1. The van der Waals surface area contributed by atoms with Gasteiger partial charge in [0.2, 0.25) is 5.91 Å². The van der Waals surface area contributed by atoms with Crippen LogP contribution in [-0.2, 0) is 16.0 Å². The van der Waals surface area contributed by atoms with Crippen molar-refractivity contribution in [3.63, 3.8) is 0 Å². The van der Waals surface area contributed by atoms with Crippen molar-refractivity contribution in [1.82, 2.24) is 4.90 Å². The van der Waals surface area contributed by atoms with Gasteiger partial charge in [0.1, 0.15) is 6.04 Å². The van der Waals surface area contributed by atoms with Gasteiger partial charge < -0.3 is 15.7 Å². The molecule has 5 nitrogen and oxygen atoms in total. The minimum absolute atomic E-state index is 0.174. The Morgan fingerprint density at radius 2 is 2.32 bits per heavy atom. The molecule has 1 heterocycles. The largest absolute Gasteiger partial charge is 0.480 e. The van der Waals surface area contributed by atoms with Gasteiger partial charge in [0.25, 0.3) is 0 Å². The van der Waals surface area contributed by atoms with Crippen LogP contribution in [0.1, 0.15) is 17.5 Å². The molecule has 102 valence electrons. The van der Waals surface area contributed by atoms with Crippen LogP contribution in [0.15, 0.2) is 24.3 Å². The van der Waals surface area contributed by atoms with E-state index in [0.29, 0.717) is 13.0 Å². The van der Waals surface area contributed by atoms with Crippen molar-refractivity contribution in [2.75, 3.05) is 6.54 Å². The van der Waals surface area contributed by atoms with Gasteiger partial charge in [-0.15, -0.1) is 0 Å². The summed E-state index contributed by atoms with van der Waals surface area (Å²) in [6, 6.07) is 6.58. The van der Waals surface area contributed by atoms with Crippen molar-refractivity contribution in [3.8, 4) is 0 Å². The van der Waals surface area contributed by atoms with Crippen molar-refractivity contribution >= 4 is 11.9 Å². The Morgan fingerprint density at radius 1 is 1.58 bits per heavy atom. The summed E-state index contributed by atoms with van der Waals surface area (Å²) in [5.74, 6) is -1.16. The molecule has 1 saturated heterocycles. The average molecular weight is 262 g/mol. The summed E-state index contributed by atoms with van der Waals surface area (Å²) in [5, 5.41) is 9.33. The summed E-state index contributed by atoms with van der Waals surface area (Å²) < 4.78 is 0. The number of aliphatic carboxylic acids is 1. The maximum atomic E-state index is 11.8. The molecular weight excluding hydrogens is 244 g/mol. The van der Waals surface area contributed by atoms with E-state index in [1.165, 1.54) is 4.90 Å². The van der Waals surface area contributed by atoms with Gasteiger partial charge in [-0.2, -0.15) is 0 Å². The second-order valence-electron chi connectivity index (χ2n) is 5.06. The SMILES string of the molecule is Cc1cccc(C[C@@H](C(=O)O)N2CC(N)CC2=O)c1. The van der Waals surface area contributed by atoms with Gasteiger partial charge in [-0.25, -0.2) is 4.79 Å². The lowest BCUT2D eigenvalue weighted by molar-refractivity contribution is -0.148. The molecule has 0 saturated carbocycles. The molecule has 2 atom stereocenters. The number of benzene rings is 1. The molecule has 1 unspecified atom stereocenters. The fraction of sp³-hybridized carbons (Fsp3) is 0.429. The Kier molecular flexibility index (Phi) is 3.85. The third-order valence-corrected chi connectivity index (χ3v) is 3.36. The van der Waals surface area contributed by atoms with E-state index in [2.05, 4.69) is 0 Å². The molecule has 1 aliphatic heterocycles. The smallest absolute Gasteiger partial charge is 0.326 e. The van der Waals surface area contributed by atoms with Crippen molar-refractivity contribution in [2.24, 2.45) is 5.73 Å². The lowest BCUT2D eigenvalue weighted by Crippen LogP contribution is -2.44. The number of nitrogens with two attached hydrogens (primary N) is 1. The topological polar surface area (TPSA) is 83.6 Å².